The number of aliphatic carboxylic acids is 1. The molecule has 0 heterocycles. The van der Waals surface area contributed by atoms with E-state index < -0.39 is 11.6 Å². The highest BCUT2D eigenvalue weighted by atomic mass is 16.5. The summed E-state index contributed by atoms with van der Waals surface area (Å²) in [6, 6.07) is 0. The van der Waals surface area contributed by atoms with Crippen molar-refractivity contribution < 1.29 is 24.5 Å². The fourth-order valence-corrected chi connectivity index (χ4v) is 8.10. The first-order valence-corrected chi connectivity index (χ1v) is 12.8. The Morgan fingerprint density at radius 2 is 1.79 bits per heavy atom. The summed E-state index contributed by atoms with van der Waals surface area (Å²) in [7, 11) is 0. The maximum Gasteiger partial charge on any atom is 0.300 e. The number of rotatable bonds is 4. The molecule has 0 amide bonds. The van der Waals surface area contributed by atoms with Gasteiger partial charge in [-0.1, -0.05) is 25.2 Å². The Hall–Kier alpha value is -1.88. The van der Waals surface area contributed by atoms with Crippen molar-refractivity contribution in [3.8, 4) is 0 Å². The molecule has 5 heteroatoms. The highest BCUT2D eigenvalue weighted by molar-refractivity contribution is 5.67. The summed E-state index contributed by atoms with van der Waals surface area (Å²) < 4.78 is 6.13. The zero-order valence-corrected chi connectivity index (χ0v) is 20.3. The predicted octanol–water partition coefficient (Wildman–Crippen LogP) is 5.94. The van der Waals surface area contributed by atoms with Crippen LogP contribution in [-0.4, -0.2) is 28.1 Å². The van der Waals surface area contributed by atoms with Crippen molar-refractivity contribution in [2.24, 2.45) is 28.6 Å². The maximum atomic E-state index is 12.4. The highest BCUT2D eigenvalue weighted by Gasteiger charge is 2.66. The van der Waals surface area contributed by atoms with Crippen molar-refractivity contribution in [1.29, 1.82) is 0 Å². The third-order valence-electron chi connectivity index (χ3n) is 9.71. The molecule has 33 heavy (non-hydrogen) atoms. The number of fused-ring (bicyclic) bond motifs is 5. The van der Waals surface area contributed by atoms with Crippen LogP contribution in [0.25, 0.3) is 0 Å². The Morgan fingerprint density at radius 3 is 2.45 bits per heavy atom. The van der Waals surface area contributed by atoms with Gasteiger partial charge in [-0.15, -0.1) is 0 Å². The third-order valence-corrected chi connectivity index (χ3v) is 9.71. The zero-order valence-electron chi connectivity index (χ0n) is 20.3. The molecule has 182 valence electrons. The van der Waals surface area contributed by atoms with E-state index in [2.05, 4.69) is 25.7 Å². The van der Waals surface area contributed by atoms with Gasteiger partial charge in [-0.2, -0.15) is 0 Å². The summed E-state index contributed by atoms with van der Waals surface area (Å²) in [5.74, 6) is 2.14. The number of carbonyl (C=O) groups excluding carboxylic acids is 1. The minimum Gasteiger partial charge on any atom is -0.481 e. The van der Waals surface area contributed by atoms with Crippen LogP contribution in [0.2, 0.25) is 0 Å². The van der Waals surface area contributed by atoms with Gasteiger partial charge in [0.2, 0.25) is 0 Å². The van der Waals surface area contributed by atoms with Crippen molar-refractivity contribution >= 4 is 12.3 Å². The van der Waals surface area contributed by atoms with Crippen LogP contribution >= 0.6 is 0 Å². The summed E-state index contributed by atoms with van der Waals surface area (Å²) in [5.41, 5.74) is 0.0523. The first-order valence-electron chi connectivity index (χ1n) is 12.8. The summed E-state index contributed by atoms with van der Waals surface area (Å²) >= 11 is 0. The molecule has 5 aliphatic rings. The first kappa shape index (κ1) is 24.3. The molecule has 0 radical (unpaired) electrons. The number of hydrogen-bond donors (Lipinski definition) is 2. The van der Waals surface area contributed by atoms with E-state index in [1.54, 1.807) is 0 Å². The Morgan fingerprint density at radius 1 is 1.09 bits per heavy atom. The smallest absolute Gasteiger partial charge is 0.300 e. The molecule has 5 aliphatic carbocycles. The first-order chi connectivity index (χ1) is 15.7. The molecule has 0 bridgehead atoms. The van der Waals surface area contributed by atoms with E-state index in [1.165, 1.54) is 18.3 Å². The van der Waals surface area contributed by atoms with Crippen molar-refractivity contribution in [2.75, 3.05) is 0 Å². The SMILES string of the molecule is C=C(OC1=CCCC1)[C@]1(O)CC[C@H]2[C@@H]3CCC4=CCCC[C@]4(C=O)[C@H]3CC[C@@]21C.CC(=O)O. The molecule has 5 nitrogen and oxygen atoms in total. The Kier molecular flexibility index (Phi) is 6.65. The minimum atomic E-state index is -0.955. The second-order valence-corrected chi connectivity index (χ2v) is 11.2. The Labute approximate surface area is 198 Å². The molecule has 6 atom stereocenters. The van der Waals surface area contributed by atoms with Crippen LogP contribution in [0.1, 0.15) is 90.9 Å². The third kappa shape index (κ3) is 3.90. The Bertz CT molecular complexity index is 868. The quantitative estimate of drug-likeness (QED) is 0.311. The molecule has 3 fully saturated rings. The van der Waals surface area contributed by atoms with Gasteiger partial charge >= 0.3 is 0 Å². The fraction of sp³-hybridized carbons (Fsp3) is 0.714. The van der Waals surface area contributed by atoms with Crippen LogP contribution in [0.3, 0.4) is 0 Å². The lowest BCUT2D eigenvalue weighted by atomic mass is 9.46. The van der Waals surface area contributed by atoms with E-state index in [9.17, 15) is 9.90 Å². The molecule has 0 aliphatic heterocycles. The number of carboxylic acids is 1. The number of carboxylic acid groups (broad SMARTS) is 1. The second kappa shape index (κ2) is 9.05. The molecule has 0 saturated heterocycles. The predicted molar refractivity (Wildman–Crippen MR) is 127 cm³/mol. The van der Waals surface area contributed by atoms with Gasteiger partial charge in [-0.05, 0) is 94.5 Å². The van der Waals surface area contributed by atoms with E-state index in [1.807, 2.05) is 0 Å². The average molecular weight is 457 g/mol. The lowest BCUT2D eigenvalue weighted by molar-refractivity contribution is -0.138. The zero-order chi connectivity index (χ0) is 23.9. The standard InChI is InChI=1S/C26H36O3.C2H4O2/c1-18(29-20-8-3-4-9-20)26(28)16-13-22-21-11-10-19-7-5-6-14-25(19,17-27)23(21)12-15-24(22,26)2;1-2(3)4/h7-8,17,21-23,28H,1,3-6,9-16H2,2H3;1H3,(H,3,4)/t21-,22-,23-,24-,25+,26+;/m0./s1. The maximum absolute atomic E-state index is 12.4. The molecule has 0 spiro atoms. The van der Waals surface area contributed by atoms with Gasteiger partial charge in [0.15, 0.2) is 0 Å². The van der Waals surface area contributed by atoms with E-state index >= 15 is 0 Å². The second-order valence-electron chi connectivity index (χ2n) is 11.2. The normalized spacial score (nSPS) is 41.2. The van der Waals surface area contributed by atoms with E-state index in [-0.39, 0.29) is 10.8 Å². The van der Waals surface area contributed by atoms with Gasteiger partial charge in [0.05, 0.1) is 5.76 Å². The van der Waals surface area contributed by atoms with Crippen molar-refractivity contribution in [3.05, 3.63) is 35.8 Å². The lowest BCUT2D eigenvalue weighted by Gasteiger charge is -2.58. The van der Waals surface area contributed by atoms with E-state index in [4.69, 9.17) is 14.6 Å². The van der Waals surface area contributed by atoms with Crippen LogP contribution in [0.4, 0.5) is 0 Å². The van der Waals surface area contributed by atoms with Gasteiger partial charge < -0.3 is 19.7 Å². The average Bonchev–Trinajstić information content (AvgIpc) is 3.39. The van der Waals surface area contributed by atoms with Gasteiger partial charge in [0, 0.05) is 24.2 Å². The highest BCUT2D eigenvalue weighted by Crippen LogP contribution is 2.68. The molecular formula is C28H40O5. The van der Waals surface area contributed by atoms with Gasteiger partial charge in [0.25, 0.3) is 5.97 Å². The molecule has 0 aromatic heterocycles. The molecule has 0 unspecified atom stereocenters. The molecule has 0 aromatic carbocycles. The van der Waals surface area contributed by atoms with Crippen LogP contribution in [0, 0.1) is 28.6 Å². The van der Waals surface area contributed by atoms with Crippen molar-refractivity contribution in [1.82, 2.24) is 0 Å². The van der Waals surface area contributed by atoms with E-state index in [0.29, 0.717) is 23.5 Å². The summed E-state index contributed by atoms with van der Waals surface area (Å²) in [6.45, 7) is 7.59. The summed E-state index contributed by atoms with van der Waals surface area (Å²) in [5, 5.41) is 19.3. The number of carbonyl (C=O) groups is 2. The van der Waals surface area contributed by atoms with Crippen LogP contribution in [-0.2, 0) is 14.3 Å². The van der Waals surface area contributed by atoms with Crippen LogP contribution in [0.15, 0.2) is 35.8 Å². The molecule has 5 rings (SSSR count). The van der Waals surface area contributed by atoms with Crippen LogP contribution in [0.5, 0.6) is 0 Å². The van der Waals surface area contributed by atoms with Gasteiger partial charge in [-0.3, -0.25) is 4.79 Å². The topological polar surface area (TPSA) is 83.8 Å². The van der Waals surface area contributed by atoms with Crippen LogP contribution < -0.4 is 0 Å². The summed E-state index contributed by atoms with van der Waals surface area (Å²) in [4.78, 5) is 21.4. The number of hydrogen-bond acceptors (Lipinski definition) is 4. The molecule has 3 saturated carbocycles. The Balaban J connectivity index is 0.000000601. The van der Waals surface area contributed by atoms with Crippen molar-refractivity contribution in [2.45, 2.75) is 96.5 Å². The fourth-order valence-electron chi connectivity index (χ4n) is 8.10. The van der Waals surface area contributed by atoms with Crippen molar-refractivity contribution in [3.63, 3.8) is 0 Å². The lowest BCUT2D eigenvalue weighted by Crippen LogP contribution is -2.56. The molecular weight excluding hydrogens is 416 g/mol. The minimum absolute atomic E-state index is 0.204. The van der Waals surface area contributed by atoms with E-state index in [0.717, 1.165) is 83.3 Å². The monoisotopic (exact) mass is 456 g/mol. The molecule has 2 N–H and O–H groups in total. The summed E-state index contributed by atoms with van der Waals surface area (Å²) in [6.07, 6.45) is 18.3. The van der Waals surface area contributed by atoms with Gasteiger partial charge in [-0.25, -0.2) is 0 Å². The largest absolute Gasteiger partial charge is 0.481 e. The number of allylic oxidation sites excluding steroid dienone is 4. The number of aliphatic hydroxyl groups is 1. The number of ether oxygens (including phenoxy) is 1. The molecule has 0 aromatic rings. The number of aldehydes is 1. The van der Waals surface area contributed by atoms with Gasteiger partial charge in [0.1, 0.15) is 17.6 Å².